The van der Waals surface area contributed by atoms with Gasteiger partial charge in [0.05, 0.1) is 6.54 Å². The largest absolute Gasteiger partial charge is 0.480 e. The molecule has 0 aromatic heterocycles. The Kier molecular flexibility index (Phi) is 7.88. The third kappa shape index (κ3) is 6.12. The van der Waals surface area contributed by atoms with Gasteiger partial charge >= 0.3 is 18.2 Å². The van der Waals surface area contributed by atoms with Gasteiger partial charge in [-0.25, -0.2) is 14.4 Å². The van der Waals surface area contributed by atoms with E-state index in [0.29, 0.717) is 6.42 Å². The van der Waals surface area contributed by atoms with E-state index in [9.17, 15) is 19.5 Å². The molecule has 35 heavy (non-hydrogen) atoms. The molecule has 0 saturated heterocycles. The fourth-order valence-electron chi connectivity index (χ4n) is 4.41. The zero-order chi connectivity index (χ0) is 24.6. The lowest BCUT2D eigenvalue weighted by molar-refractivity contribution is -0.139. The van der Waals surface area contributed by atoms with E-state index in [1.54, 1.807) is 0 Å². The Hall–Kier alpha value is -3.99. The van der Waals surface area contributed by atoms with Crippen LogP contribution in [0.4, 0.5) is 9.59 Å². The molecule has 0 bridgehead atoms. The van der Waals surface area contributed by atoms with Gasteiger partial charge in [-0.05, 0) is 41.5 Å². The van der Waals surface area contributed by atoms with Gasteiger partial charge in [-0.15, -0.1) is 0 Å². The van der Waals surface area contributed by atoms with E-state index in [4.69, 9.17) is 9.47 Å². The van der Waals surface area contributed by atoms with Crippen LogP contribution in [0.1, 0.15) is 49.1 Å². The van der Waals surface area contributed by atoms with Crippen molar-refractivity contribution in [2.45, 2.75) is 50.2 Å². The summed E-state index contributed by atoms with van der Waals surface area (Å²) in [5.74, 6) is 4.45. The minimum atomic E-state index is -1.37. The number of carboxylic acid groups (broad SMARTS) is 1. The van der Waals surface area contributed by atoms with Crippen molar-refractivity contribution in [2.75, 3.05) is 13.2 Å². The van der Waals surface area contributed by atoms with Crippen LogP contribution in [-0.2, 0) is 14.3 Å². The standard InChI is InChI=1S/C27H28N2O6/c30-25(31)24(16-28-26(32)35-18-10-4-2-1-3-5-11-18)29-27(33)34-17-23-21-14-8-6-12-19(21)20-13-7-9-15-22(20)23/h6-9,12-15,18,23-24H,1-4,10,16-17H2,(H,28,32)(H,29,33)(H,30,31)/t18?,24-/m1/s1. The Balaban J connectivity index is 1.29. The highest BCUT2D eigenvalue weighted by Crippen LogP contribution is 2.44. The van der Waals surface area contributed by atoms with Crippen molar-refractivity contribution in [2.24, 2.45) is 0 Å². The Bertz CT molecular complexity index is 1110. The highest BCUT2D eigenvalue weighted by atomic mass is 16.6. The summed E-state index contributed by atoms with van der Waals surface area (Å²) >= 11 is 0. The maximum Gasteiger partial charge on any atom is 0.408 e. The number of ether oxygens (including phenoxy) is 2. The van der Waals surface area contributed by atoms with E-state index in [2.05, 4.69) is 22.5 Å². The lowest BCUT2D eigenvalue weighted by Gasteiger charge is -2.18. The molecule has 3 N–H and O–H groups in total. The summed E-state index contributed by atoms with van der Waals surface area (Å²) < 4.78 is 10.7. The summed E-state index contributed by atoms with van der Waals surface area (Å²) in [6.07, 6.45) is 2.22. The number of aliphatic carboxylic acids is 1. The smallest absolute Gasteiger partial charge is 0.408 e. The molecule has 2 amide bonds. The van der Waals surface area contributed by atoms with Crippen LogP contribution in [0.3, 0.4) is 0 Å². The maximum atomic E-state index is 12.4. The molecular weight excluding hydrogens is 448 g/mol. The number of carbonyl (C=O) groups excluding carboxylic acids is 2. The third-order valence-electron chi connectivity index (χ3n) is 6.16. The second-order valence-corrected chi connectivity index (χ2v) is 8.56. The Morgan fingerprint density at radius 2 is 1.66 bits per heavy atom. The van der Waals surface area contributed by atoms with E-state index < -0.39 is 30.3 Å². The fraction of sp³-hybridized carbons (Fsp3) is 0.370. The summed E-state index contributed by atoms with van der Waals surface area (Å²) in [4.78, 5) is 36.2. The first-order valence-electron chi connectivity index (χ1n) is 11.8. The molecule has 2 aromatic rings. The number of carboxylic acids is 1. The summed E-state index contributed by atoms with van der Waals surface area (Å²) in [6.45, 7) is -0.291. The Morgan fingerprint density at radius 3 is 2.34 bits per heavy atom. The third-order valence-corrected chi connectivity index (χ3v) is 6.16. The summed E-state index contributed by atoms with van der Waals surface area (Å²) in [6, 6.07) is 14.5. The average molecular weight is 477 g/mol. The normalized spacial score (nSPS) is 17.3. The minimum Gasteiger partial charge on any atom is -0.480 e. The highest BCUT2D eigenvalue weighted by molar-refractivity contribution is 5.81. The zero-order valence-corrected chi connectivity index (χ0v) is 19.3. The fourth-order valence-corrected chi connectivity index (χ4v) is 4.41. The predicted molar refractivity (Wildman–Crippen MR) is 129 cm³/mol. The number of carbonyl (C=O) groups is 3. The van der Waals surface area contributed by atoms with Crippen LogP contribution in [0.2, 0.25) is 0 Å². The maximum absolute atomic E-state index is 12.4. The number of amides is 2. The average Bonchev–Trinajstić information content (AvgIpc) is 3.15. The van der Waals surface area contributed by atoms with E-state index >= 15 is 0 Å². The van der Waals surface area contributed by atoms with Gasteiger partial charge in [-0.1, -0.05) is 66.8 Å². The number of benzene rings is 2. The van der Waals surface area contributed by atoms with Crippen molar-refractivity contribution in [3.05, 3.63) is 59.7 Å². The molecule has 2 aliphatic carbocycles. The first kappa shape index (κ1) is 24.1. The summed E-state index contributed by atoms with van der Waals surface area (Å²) in [7, 11) is 0. The molecule has 1 unspecified atom stereocenters. The zero-order valence-electron chi connectivity index (χ0n) is 19.3. The molecule has 8 heteroatoms. The van der Waals surface area contributed by atoms with Gasteiger partial charge in [0.2, 0.25) is 0 Å². The monoisotopic (exact) mass is 476 g/mol. The molecule has 4 rings (SSSR count). The topological polar surface area (TPSA) is 114 Å². The number of nitrogens with one attached hydrogen (secondary N) is 2. The molecule has 2 aliphatic rings. The van der Waals surface area contributed by atoms with Gasteiger partial charge in [-0.2, -0.15) is 0 Å². The molecule has 8 nitrogen and oxygen atoms in total. The van der Waals surface area contributed by atoms with Crippen molar-refractivity contribution in [3.63, 3.8) is 0 Å². The lowest BCUT2D eigenvalue weighted by atomic mass is 9.98. The first-order valence-corrected chi connectivity index (χ1v) is 11.8. The second kappa shape index (κ2) is 11.4. The molecule has 0 saturated carbocycles. The highest BCUT2D eigenvalue weighted by Gasteiger charge is 2.30. The molecule has 2 aromatic carbocycles. The van der Waals surface area contributed by atoms with Crippen molar-refractivity contribution < 1.29 is 29.0 Å². The predicted octanol–water partition coefficient (Wildman–Crippen LogP) is 4.04. The van der Waals surface area contributed by atoms with E-state index in [0.717, 1.165) is 47.9 Å². The van der Waals surface area contributed by atoms with E-state index in [1.807, 2.05) is 48.5 Å². The summed E-state index contributed by atoms with van der Waals surface area (Å²) in [5, 5.41) is 14.2. The van der Waals surface area contributed by atoms with Crippen LogP contribution < -0.4 is 10.6 Å². The quantitative estimate of drug-likeness (QED) is 0.520. The lowest BCUT2D eigenvalue weighted by Crippen LogP contribution is -2.49. The van der Waals surface area contributed by atoms with Gasteiger partial charge in [-0.3, -0.25) is 0 Å². The van der Waals surface area contributed by atoms with Gasteiger partial charge in [0.1, 0.15) is 12.6 Å². The van der Waals surface area contributed by atoms with Crippen molar-refractivity contribution >= 4 is 18.2 Å². The first-order chi connectivity index (χ1) is 17.0. The number of hydrogen-bond acceptors (Lipinski definition) is 5. The van der Waals surface area contributed by atoms with Crippen molar-refractivity contribution in [1.82, 2.24) is 10.6 Å². The van der Waals surface area contributed by atoms with Crippen LogP contribution in [0.15, 0.2) is 48.5 Å². The molecule has 0 heterocycles. The van der Waals surface area contributed by atoms with Gasteiger partial charge in [0.15, 0.2) is 6.10 Å². The molecule has 0 fully saturated rings. The number of hydrogen-bond donors (Lipinski definition) is 3. The van der Waals surface area contributed by atoms with E-state index in [-0.39, 0.29) is 19.1 Å². The minimum absolute atomic E-state index is 0.0576. The molecule has 2 atom stereocenters. The van der Waals surface area contributed by atoms with Crippen LogP contribution in [-0.4, -0.2) is 48.6 Å². The van der Waals surface area contributed by atoms with Crippen LogP contribution in [0.5, 0.6) is 0 Å². The van der Waals surface area contributed by atoms with Crippen LogP contribution in [0.25, 0.3) is 11.1 Å². The van der Waals surface area contributed by atoms with Gasteiger partial charge in [0, 0.05) is 12.3 Å². The second-order valence-electron chi connectivity index (χ2n) is 8.56. The Labute approximate surface area is 204 Å². The molecule has 0 spiro atoms. The van der Waals surface area contributed by atoms with Crippen molar-refractivity contribution in [3.8, 4) is 23.0 Å². The van der Waals surface area contributed by atoms with Gasteiger partial charge < -0.3 is 25.2 Å². The Morgan fingerprint density at radius 1 is 0.971 bits per heavy atom. The van der Waals surface area contributed by atoms with Crippen LogP contribution >= 0.6 is 0 Å². The molecule has 182 valence electrons. The number of fused-ring (bicyclic) bond motifs is 3. The number of alkyl carbamates (subject to hydrolysis) is 2. The van der Waals surface area contributed by atoms with Gasteiger partial charge in [0.25, 0.3) is 0 Å². The summed E-state index contributed by atoms with van der Waals surface area (Å²) in [5.41, 5.74) is 4.30. The molecule has 0 aliphatic heterocycles. The molecule has 0 radical (unpaired) electrons. The van der Waals surface area contributed by atoms with Crippen molar-refractivity contribution in [1.29, 1.82) is 0 Å². The SMILES string of the molecule is O=C(N[C@H](CNC(=O)OC1C#CCCCCC1)C(=O)O)OCC1c2ccccc2-c2ccccc21. The number of rotatable bonds is 7. The molecular formula is C27H28N2O6. The van der Waals surface area contributed by atoms with E-state index in [1.165, 1.54) is 0 Å². The van der Waals surface area contributed by atoms with Crippen LogP contribution in [0, 0.1) is 11.8 Å².